The fourth-order valence-corrected chi connectivity index (χ4v) is 5.07. The van der Waals surface area contributed by atoms with E-state index in [0.717, 1.165) is 24.0 Å². The normalized spacial score (nSPS) is 15.4. The number of amidine groups is 1. The Hall–Kier alpha value is -3.39. The molecule has 0 unspecified atom stereocenters. The number of ether oxygens (including phenoxy) is 2. The number of aliphatic hydroxyl groups is 1. The molecule has 0 bridgehead atoms. The van der Waals surface area contributed by atoms with Crippen LogP contribution in [-0.2, 0) is 11.0 Å². The maximum atomic E-state index is 15.7. The van der Waals surface area contributed by atoms with Crippen LogP contribution in [0.1, 0.15) is 80.1 Å². The van der Waals surface area contributed by atoms with Crippen molar-refractivity contribution in [2.45, 2.75) is 58.4 Å². The zero-order chi connectivity index (χ0) is 27.8. The molecular weight excluding hydrogens is 485 g/mol. The van der Waals surface area contributed by atoms with E-state index in [1.165, 1.54) is 0 Å². The van der Waals surface area contributed by atoms with Gasteiger partial charge in [0, 0.05) is 17.8 Å². The molecule has 1 saturated carbocycles. The zero-order valence-electron chi connectivity index (χ0n) is 23.0. The molecule has 2 aliphatic rings. The molecule has 1 aliphatic heterocycles. The van der Waals surface area contributed by atoms with E-state index in [4.69, 9.17) is 14.9 Å². The summed E-state index contributed by atoms with van der Waals surface area (Å²) in [5.41, 5.74) is 2.93. The second-order valence-electron chi connectivity index (χ2n) is 10.9. The van der Waals surface area contributed by atoms with Crippen molar-refractivity contribution >= 4 is 17.3 Å². The molecule has 3 N–H and O–H groups in total. The molecule has 1 fully saturated rings. The molecule has 1 aliphatic carbocycles. The number of rotatable bonds is 11. The lowest BCUT2D eigenvalue weighted by Crippen LogP contribution is -2.38. The van der Waals surface area contributed by atoms with Gasteiger partial charge in [-0.15, -0.1) is 0 Å². The Morgan fingerprint density at radius 1 is 1.16 bits per heavy atom. The molecule has 0 saturated heterocycles. The summed E-state index contributed by atoms with van der Waals surface area (Å²) >= 11 is 0. The predicted octanol–water partition coefficient (Wildman–Crippen LogP) is 4.99. The van der Waals surface area contributed by atoms with E-state index in [0.29, 0.717) is 35.7 Å². The highest BCUT2D eigenvalue weighted by molar-refractivity contribution is 6.07. The number of nitrogens with zero attached hydrogens (tertiary/aromatic N) is 1. The molecule has 2 aromatic rings. The first-order valence-corrected chi connectivity index (χ1v) is 13.2. The van der Waals surface area contributed by atoms with Crippen LogP contribution < -0.4 is 14.8 Å². The van der Waals surface area contributed by atoms with Gasteiger partial charge in [0.2, 0.25) is 0 Å². The van der Waals surface area contributed by atoms with Gasteiger partial charge in [0.25, 0.3) is 0 Å². The molecular formula is C30H38FN3O4. The maximum absolute atomic E-state index is 15.7. The average molecular weight is 524 g/mol. The summed E-state index contributed by atoms with van der Waals surface area (Å²) in [6.45, 7) is 14.8. The lowest BCUT2D eigenvalue weighted by Gasteiger charge is -2.27. The van der Waals surface area contributed by atoms with E-state index in [2.05, 4.69) is 32.7 Å². The van der Waals surface area contributed by atoms with Crippen molar-refractivity contribution in [3.05, 3.63) is 64.5 Å². The molecule has 8 heteroatoms. The van der Waals surface area contributed by atoms with Crippen LogP contribution in [0, 0.1) is 11.2 Å². The third-order valence-corrected chi connectivity index (χ3v) is 7.25. The summed E-state index contributed by atoms with van der Waals surface area (Å²) in [6.07, 6.45) is 1.45. The van der Waals surface area contributed by atoms with Gasteiger partial charge >= 0.3 is 0 Å². The van der Waals surface area contributed by atoms with Crippen LogP contribution in [0.3, 0.4) is 0 Å². The van der Waals surface area contributed by atoms with Crippen LogP contribution in [0.4, 0.5) is 4.39 Å². The lowest BCUT2D eigenvalue weighted by atomic mass is 9.84. The Morgan fingerprint density at radius 2 is 1.82 bits per heavy atom. The monoisotopic (exact) mass is 523 g/mol. The molecule has 1 heterocycles. The van der Waals surface area contributed by atoms with Crippen LogP contribution in [0.5, 0.6) is 11.5 Å². The summed E-state index contributed by atoms with van der Waals surface area (Å²) in [5, 5.41) is 21.2. The molecule has 1 spiro atoms. The van der Waals surface area contributed by atoms with Crippen LogP contribution in [0.15, 0.2) is 30.8 Å². The number of benzene rings is 2. The zero-order valence-corrected chi connectivity index (χ0v) is 23.0. The Labute approximate surface area is 224 Å². The Kier molecular flexibility index (Phi) is 7.57. The number of halogens is 1. The SMILES string of the molecule is C=C(NCCO)c1cc(C(=O)CN2C(=N)c3c(cc(OCC)c(OCC)c3F)C23CC3)cc(C(C)(C)C)c1. The number of ketones is 1. The smallest absolute Gasteiger partial charge is 0.197 e. The first kappa shape index (κ1) is 27.6. The van der Waals surface area contributed by atoms with E-state index in [1.807, 2.05) is 19.1 Å². The maximum Gasteiger partial charge on any atom is 0.197 e. The second kappa shape index (κ2) is 10.4. The van der Waals surface area contributed by atoms with Crippen molar-refractivity contribution in [3.63, 3.8) is 0 Å². The van der Waals surface area contributed by atoms with Gasteiger partial charge in [-0.25, -0.2) is 4.39 Å². The number of nitrogens with one attached hydrogen (secondary N) is 2. The van der Waals surface area contributed by atoms with Crippen LogP contribution >= 0.6 is 0 Å². The van der Waals surface area contributed by atoms with Crippen LogP contribution in [0.2, 0.25) is 0 Å². The highest BCUT2D eigenvalue weighted by atomic mass is 19.1. The van der Waals surface area contributed by atoms with Crippen LogP contribution in [0.25, 0.3) is 5.70 Å². The van der Waals surface area contributed by atoms with Crippen molar-refractivity contribution in [1.82, 2.24) is 10.2 Å². The van der Waals surface area contributed by atoms with Crippen LogP contribution in [-0.4, -0.2) is 54.5 Å². The number of fused-ring (bicyclic) bond motifs is 2. The minimum absolute atomic E-state index is 0.00595. The minimum Gasteiger partial charge on any atom is -0.490 e. The van der Waals surface area contributed by atoms with Crippen molar-refractivity contribution in [2.75, 3.05) is 32.9 Å². The van der Waals surface area contributed by atoms with Gasteiger partial charge in [0.15, 0.2) is 23.1 Å². The van der Waals surface area contributed by atoms with E-state index < -0.39 is 11.4 Å². The van der Waals surface area contributed by atoms with Crippen molar-refractivity contribution in [3.8, 4) is 11.5 Å². The summed E-state index contributed by atoms with van der Waals surface area (Å²) < 4.78 is 27.0. The quantitative estimate of drug-likeness (QED) is 0.360. The van der Waals surface area contributed by atoms with E-state index in [9.17, 15) is 9.90 Å². The van der Waals surface area contributed by atoms with Gasteiger partial charge in [-0.1, -0.05) is 27.4 Å². The van der Waals surface area contributed by atoms with Gasteiger partial charge < -0.3 is 24.8 Å². The number of carbonyl (C=O) groups excluding carboxylic acids is 1. The standard InChI is InChI=1S/C30H38FN3O4/c1-7-37-24-16-22-25(26(31)27(24)38-8-2)28(32)34(30(22)9-10-30)17-23(36)20-13-19(18(3)33-11-12-35)14-21(15-20)29(4,5)6/h13-16,32-33,35H,3,7-12,17H2,1-2,4-6H3. The largest absolute Gasteiger partial charge is 0.490 e. The van der Waals surface area contributed by atoms with Gasteiger partial charge in [-0.3, -0.25) is 10.2 Å². The molecule has 0 radical (unpaired) electrons. The highest BCUT2D eigenvalue weighted by Gasteiger charge is 2.58. The molecule has 7 nitrogen and oxygen atoms in total. The van der Waals surface area contributed by atoms with Gasteiger partial charge in [-0.05, 0) is 73.1 Å². The molecule has 0 aromatic heterocycles. The summed E-state index contributed by atoms with van der Waals surface area (Å²) in [5.74, 6) is -0.435. The van der Waals surface area contributed by atoms with E-state index in [1.54, 1.807) is 24.0 Å². The van der Waals surface area contributed by atoms with Crippen molar-refractivity contribution < 1.29 is 23.8 Å². The predicted molar refractivity (Wildman–Crippen MR) is 147 cm³/mol. The third-order valence-electron chi connectivity index (χ3n) is 7.25. The molecule has 0 amide bonds. The van der Waals surface area contributed by atoms with E-state index in [-0.39, 0.29) is 48.1 Å². The fraction of sp³-hybridized carbons (Fsp3) is 0.467. The van der Waals surface area contributed by atoms with Crippen molar-refractivity contribution in [1.29, 1.82) is 5.41 Å². The highest BCUT2D eigenvalue weighted by Crippen LogP contribution is 2.58. The number of hydrogen-bond donors (Lipinski definition) is 3. The third kappa shape index (κ3) is 4.89. The first-order valence-electron chi connectivity index (χ1n) is 13.2. The summed E-state index contributed by atoms with van der Waals surface area (Å²) in [6, 6.07) is 7.46. The molecule has 2 aromatic carbocycles. The Bertz CT molecular complexity index is 1280. The molecule has 0 atom stereocenters. The fourth-order valence-electron chi connectivity index (χ4n) is 5.07. The average Bonchev–Trinajstić information content (AvgIpc) is 3.64. The second-order valence-corrected chi connectivity index (χ2v) is 10.9. The number of aliphatic hydroxyl groups excluding tert-OH is 1. The molecule has 38 heavy (non-hydrogen) atoms. The van der Waals surface area contributed by atoms with Gasteiger partial charge in [0.1, 0.15) is 5.84 Å². The molecule has 4 rings (SSSR count). The number of hydrogen-bond acceptors (Lipinski definition) is 6. The lowest BCUT2D eigenvalue weighted by molar-refractivity contribution is 0.0943. The summed E-state index contributed by atoms with van der Waals surface area (Å²) in [4.78, 5) is 15.5. The minimum atomic E-state index is -0.609. The summed E-state index contributed by atoms with van der Waals surface area (Å²) in [7, 11) is 0. The number of carbonyl (C=O) groups is 1. The molecule has 204 valence electrons. The van der Waals surface area contributed by atoms with Gasteiger partial charge in [0.05, 0.1) is 37.5 Å². The topological polar surface area (TPSA) is 94.9 Å². The van der Waals surface area contributed by atoms with Crippen molar-refractivity contribution in [2.24, 2.45) is 0 Å². The Morgan fingerprint density at radius 3 is 2.39 bits per heavy atom. The van der Waals surface area contributed by atoms with Gasteiger partial charge in [-0.2, -0.15) is 0 Å². The van der Waals surface area contributed by atoms with E-state index >= 15 is 4.39 Å². The Balaban J connectivity index is 1.70. The first-order chi connectivity index (χ1) is 18.0. The number of Topliss-reactive ketones (excluding diaryl/α,β-unsaturated/α-hetero) is 1.